The number of aliphatic hydroxyl groups excluding tert-OH is 6. The SMILES string of the molecule is CN[C@H](CC(C)C)C(=O)N[C@H]1C(=O)N[C@@H](CC(N)=O)C(=O)NC2C(=O)N[C@H]3C(=O)N[C@H](C(=O)N[C@H](C(=O)NC4C5CC6CC(C5)CC4C6)c4cc(OC(=O)Nc5ccc(OC)cc5)cc(O)c4-c4cc3ccc4O)[C@H](O)c3ccc(c(Cl)c3)Oc3cc2cc(c3O[C@@H]2O[C@H](CO)[C@@H](O)[C@H](O)[C@H]2O)Oc2ccc(cc2C)[C@H]1O. The minimum atomic E-state index is -2.30. The lowest BCUT2D eigenvalue weighted by Crippen LogP contribution is -2.60. The molecule has 16 rings (SSSR count). The largest absolute Gasteiger partial charge is 0.507 e. The van der Waals surface area contributed by atoms with Crippen molar-refractivity contribution in [2.75, 3.05) is 26.1 Å². The van der Waals surface area contributed by atoms with Crippen molar-refractivity contribution >= 4 is 70.6 Å². The van der Waals surface area contributed by atoms with Gasteiger partial charge in [-0.15, -0.1) is 0 Å². The number of hydrogen-bond acceptors (Lipinski definition) is 24. The quantitative estimate of drug-likeness (QED) is 0.0701. The first-order valence-corrected chi connectivity index (χ1v) is 37.0. The summed E-state index contributed by atoms with van der Waals surface area (Å²) >= 11 is 7.17. The Morgan fingerprint density at radius 3 is 1.91 bits per heavy atom. The van der Waals surface area contributed by atoms with Crippen LogP contribution in [0.5, 0.6) is 51.7 Å². The van der Waals surface area contributed by atoms with E-state index in [1.807, 2.05) is 13.8 Å². The van der Waals surface area contributed by atoms with Crippen molar-refractivity contribution in [1.29, 1.82) is 0 Å². The average molecular weight is 1570 g/mol. The molecule has 112 heavy (non-hydrogen) atoms. The van der Waals surface area contributed by atoms with Gasteiger partial charge in [0, 0.05) is 28.9 Å². The van der Waals surface area contributed by atoms with Crippen LogP contribution in [-0.2, 0) is 43.1 Å². The molecule has 4 aliphatic carbocycles. The average Bonchev–Trinajstić information content (AvgIpc) is 0.756. The van der Waals surface area contributed by atoms with Crippen LogP contribution >= 0.6 is 11.6 Å². The lowest BCUT2D eigenvalue weighted by molar-refractivity contribution is -0.277. The lowest BCUT2D eigenvalue weighted by Gasteiger charge is -2.54. The Bertz CT molecular complexity index is 4650. The van der Waals surface area contributed by atoms with E-state index in [4.69, 9.17) is 45.8 Å². The van der Waals surface area contributed by atoms with E-state index < -0.39 is 203 Å². The number of nitrogens with two attached hydrogens (primary N) is 1. The van der Waals surface area contributed by atoms with Crippen molar-refractivity contribution < 1.29 is 112 Å². The highest BCUT2D eigenvalue weighted by Gasteiger charge is 2.51. The van der Waals surface area contributed by atoms with Gasteiger partial charge in [-0.2, -0.15) is 0 Å². The summed E-state index contributed by atoms with van der Waals surface area (Å²) in [5, 5.41) is 118. The Hall–Kier alpha value is -10.9. The Balaban J connectivity index is 1.00. The second-order valence-corrected chi connectivity index (χ2v) is 30.3. The van der Waals surface area contributed by atoms with Gasteiger partial charge >= 0.3 is 6.09 Å². The number of rotatable bonds is 15. The van der Waals surface area contributed by atoms with Gasteiger partial charge in [-0.1, -0.05) is 43.6 Å². The molecule has 0 aromatic heterocycles. The molecule has 1 unspecified atom stereocenters. The molecule has 33 nitrogen and oxygen atoms in total. The number of carbonyl (C=O) groups is 9. The zero-order valence-corrected chi connectivity index (χ0v) is 61.9. The monoisotopic (exact) mass is 1570 g/mol. The Morgan fingerprint density at radius 1 is 0.643 bits per heavy atom. The smallest absolute Gasteiger partial charge is 0.417 e. The van der Waals surface area contributed by atoms with Crippen molar-refractivity contribution in [2.24, 2.45) is 35.3 Å². The van der Waals surface area contributed by atoms with Gasteiger partial charge < -0.3 is 118 Å². The first-order chi connectivity index (χ1) is 53.4. The Morgan fingerprint density at radius 2 is 1.28 bits per heavy atom. The first-order valence-electron chi connectivity index (χ1n) is 36.6. The number of methoxy groups -OCH3 is 1. The number of benzene rings is 6. The van der Waals surface area contributed by atoms with Gasteiger partial charge in [0.05, 0.1) is 31.2 Å². The summed E-state index contributed by atoms with van der Waals surface area (Å²) in [5.74, 6) is -12.1. The molecule has 0 radical (unpaired) electrons. The van der Waals surface area contributed by atoms with Crippen molar-refractivity contribution in [1.82, 2.24) is 42.5 Å². The van der Waals surface area contributed by atoms with Gasteiger partial charge in [-0.25, -0.2) is 4.79 Å². The van der Waals surface area contributed by atoms with Gasteiger partial charge in [0.1, 0.15) is 107 Å². The molecular weight excluding hydrogens is 1480 g/mol. The number of carbonyl (C=O) groups excluding carboxylic acids is 9. The van der Waals surface area contributed by atoms with Gasteiger partial charge in [0.2, 0.25) is 59.3 Å². The van der Waals surface area contributed by atoms with Gasteiger partial charge in [0.15, 0.2) is 11.5 Å². The van der Waals surface area contributed by atoms with E-state index in [1.165, 1.54) is 69.6 Å². The number of aliphatic hydroxyl groups is 6. The second-order valence-electron chi connectivity index (χ2n) is 29.9. The predicted molar refractivity (Wildman–Crippen MR) is 395 cm³/mol. The van der Waals surface area contributed by atoms with E-state index in [0.717, 1.165) is 74.6 Å². The van der Waals surface area contributed by atoms with Crippen LogP contribution in [0.25, 0.3) is 11.1 Å². The van der Waals surface area contributed by atoms with Gasteiger partial charge in [-0.05, 0) is 194 Å². The maximum atomic E-state index is 16.3. The van der Waals surface area contributed by atoms with Crippen molar-refractivity contribution in [3.8, 4) is 62.9 Å². The Kier molecular flexibility index (Phi) is 23.2. The molecule has 15 bridgehead atoms. The summed E-state index contributed by atoms with van der Waals surface area (Å²) in [6, 6.07) is 7.31. The highest BCUT2D eigenvalue weighted by atomic mass is 35.5. The fourth-order valence-corrected chi connectivity index (χ4v) is 16.5. The predicted octanol–water partition coefficient (Wildman–Crippen LogP) is 3.29. The molecule has 6 aliphatic heterocycles. The molecular formula is C78H87ClN10O23. The summed E-state index contributed by atoms with van der Waals surface area (Å²) in [5.41, 5.74) is 4.21. The van der Waals surface area contributed by atoms with E-state index in [0.29, 0.717) is 17.6 Å². The molecule has 19 N–H and O–H groups in total. The summed E-state index contributed by atoms with van der Waals surface area (Å²) < 4.78 is 36.6. The lowest BCUT2D eigenvalue weighted by atomic mass is 9.54. The Labute approximate surface area is 645 Å². The number of phenols is 2. The molecule has 5 fully saturated rings. The standard InChI is InChI=1S/C78H87ClN10O23/c1-31(2)16-47(81-4)70(99)88-62-64(94)36-7-14-51(32(3)17-36)109-53-25-40-26-54(69(53)112-77-68(98)67(97)66(96)55(30-90)111-77)110-52-15-8-37(24-46(52)79)65(95)63-76(105)87-61(74(103)84-58-38-19-33-18-34(21-38)22-39(58)20-33)45-27-43(108-78(106)82-41-9-11-42(107-5)12-10-41)28-50(92)57(45)44-23-35(6-13-49(44)91)59(72(101)89-63)86-73(102)60(40)85-71(100)48(29-56(80)93)83-75(62)104/h6-15,17,23-28,31,33-34,38-39,47-48,55,58-68,77,81,90-92,94-98H,16,18-22,29-30H2,1-5H3,(H2,80,93)(H,82,106)(H,83,104)(H,84,103)(H,85,100)(H,86,102)(H,87,105)(H,88,99)(H,89,101)/t33?,34?,38?,39?,47-,48+,55-,58?,59-,60?,61+,62-,63+,64-,65-,66-,67+,68-,77+/m1/s1. The minimum absolute atomic E-state index is 0.0166. The van der Waals surface area contributed by atoms with Crippen LogP contribution in [0.1, 0.15) is 123 Å². The number of aromatic hydroxyl groups is 2. The molecule has 4 saturated carbocycles. The highest BCUT2D eigenvalue weighted by molar-refractivity contribution is 6.32. The molecule has 9 amide bonds. The number of likely N-dealkylation sites (N-methyl/N-ethyl adjacent to an activating group) is 1. The normalized spacial score (nSPS) is 28.3. The fourth-order valence-electron chi connectivity index (χ4n) is 16.3. The van der Waals surface area contributed by atoms with Crippen LogP contribution in [0.15, 0.2) is 103 Å². The molecule has 1 saturated heterocycles. The molecule has 6 heterocycles. The molecule has 0 spiro atoms. The third-order valence-electron chi connectivity index (χ3n) is 21.7. The number of anilines is 1. The van der Waals surface area contributed by atoms with Crippen molar-refractivity contribution in [2.45, 2.75) is 157 Å². The van der Waals surface area contributed by atoms with Gasteiger partial charge in [-0.3, -0.25) is 43.7 Å². The topological polar surface area (TPSA) is 505 Å². The van der Waals surface area contributed by atoms with Crippen LogP contribution in [0, 0.1) is 36.5 Å². The molecule has 6 aromatic rings. The second kappa shape index (κ2) is 32.8. The van der Waals surface area contributed by atoms with Crippen LogP contribution in [0.2, 0.25) is 5.02 Å². The zero-order chi connectivity index (χ0) is 80.0. The number of primary amides is 1. The summed E-state index contributed by atoms with van der Waals surface area (Å²) in [4.78, 5) is 135. The van der Waals surface area contributed by atoms with Crippen LogP contribution in [0.4, 0.5) is 10.5 Å². The van der Waals surface area contributed by atoms with Crippen LogP contribution < -0.4 is 77.3 Å². The number of ether oxygens (including phenoxy) is 6. The van der Waals surface area contributed by atoms with Crippen molar-refractivity contribution in [3.05, 3.63) is 142 Å². The maximum Gasteiger partial charge on any atom is 0.417 e. The van der Waals surface area contributed by atoms with E-state index in [2.05, 4.69) is 47.9 Å². The molecule has 594 valence electrons. The van der Waals surface area contributed by atoms with E-state index in [-0.39, 0.29) is 79.8 Å². The molecule has 34 heteroatoms. The first kappa shape index (κ1) is 79.2. The summed E-state index contributed by atoms with van der Waals surface area (Å²) in [6.45, 7) is 4.26. The number of halogens is 1. The van der Waals surface area contributed by atoms with Crippen LogP contribution in [-0.4, -0.2) is 176 Å². The number of fused-ring (bicyclic) bond motifs is 15. The number of nitrogens with one attached hydrogen (secondary N) is 9. The number of aryl methyl sites for hydroxylation is 1. The third kappa shape index (κ3) is 16.6. The zero-order valence-electron chi connectivity index (χ0n) is 61.2. The summed E-state index contributed by atoms with van der Waals surface area (Å²) in [7, 11) is 2.95. The third-order valence-corrected chi connectivity index (χ3v) is 22.0. The van der Waals surface area contributed by atoms with E-state index in [9.17, 15) is 60.0 Å². The summed E-state index contributed by atoms with van der Waals surface area (Å²) in [6.07, 6.45) is -11.4. The molecule has 10 aliphatic rings. The van der Waals surface area contributed by atoms with Crippen LogP contribution in [0.3, 0.4) is 0 Å². The number of hydrogen-bond donors (Lipinski definition) is 18. The number of amides is 9. The number of phenolic OH excluding ortho intramolecular Hbond substituents is 2. The minimum Gasteiger partial charge on any atom is -0.507 e. The highest BCUT2D eigenvalue weighted by Crippen LogP contribution is 2.55. The fraction of sp³-hybridized carbons (Fsp3) is 0.423. The molecule has 6 aromatic carbocycles. The molecule has 14 atom stereocenters. The maximum absolute atomic E-state index is 16.3. The van der Waals surface area contributed by atoms with E-state index in [1.54, 1.807) is 12.1 Å². The van der Waals surface area contributed by atoms with Crippen molar-refractivity contribution in [3.63, 3.8) is 0 Å². The van der Waals surface area contributed by atoms with E-state index >= 15 is 24.0 Å². The van der Waals surface area contributed by atoms with Gasteiger partial charge in [0.25, 0.3) is 0 Å².